The number of amides is 1. The molecule has 1 N–H and O–H groups in total. The number of para-hydroxylation sites is 1. The Morgan fingerprint density at radius 3 is 2.52 bits per heavy atom. The number of rotatable bonds is 5. The fourth-order valence-corrected chi connectivity index (χ4v) is 3.80. The first-order valence-corrected chi connectivity index (χ1v) is 10.0. The normalized spacial score (nSPS) is 11.0. The van der Waals surface area contributed by atoms with Gasteiger partial charge in [0.2, 0.25) is 6.54 Å². The van der Waals surface area contributed by atoms with Gasteiger partial charge in [-0.25, -0.2) is 0 Å². The lowest BCUT2D eigenvalue weighted by Crippen LogP contribution is -2.39. The van der Waals surface area contributed by atoms with Gasteiger partial charge >= 0.3 is 0 Å². The van der Waals surface area contributed by atoms with E-state index in [-0.39, 0.29) is 12.5 Å². The smallest absolute Gasteiger partial charge is 0.290 e. The van der Waals surface area contributed by atoms with Crippen LogP contribution in [0.25, 0.3) is 33.1 Å². The molecule has 0 radical (unpaired) electrons. The van der Waals surface area contributed by atoms with Crippen molar-refractivity contribution in [1.29, 1.82) is 0 Å². The molecule has 5 aromatic rings. The van der Waals surface area contributed by atoms with E-state index in [0.717, 1.165) is 27.5 Å². The van der Waals surface area contributed by atoms with E-state index < -0.39 is 0 Å². The standard InChI is InChI=1S/C26H20N2O3/c1-30-25-14-21-20-11-5-6-12-23(20)31-24(21)15-22(25)27-26(29)17-28-13-7-10-19(16-28)18-8-3-2-4-9-18/h2-16H,17H2,1H3/p+1. The van der Waals surface area contributed by atoms with Crippen LogP contribution in [-0.2, 0) is 11.3 Å². The molecular weight excluding hydrogens is 388 g/mol. The quantitative estimate of drug-likeness (QED) is 0.407. The molecule has 3 aromatic carbocycles. The van der Waals surface area contributed by atoms with Crippen LogP contribution >= 0.6 is 0 Å². The Hall–Kier alpha value is -4.12. The molecule has 0 spiro atoms. The number of fused-ring (bicyclic) bond motifs is 3. The van der Waals surface area contributed by atoms with Gasteiger partial charge in [-0.15, -0.1) is 0 Å². The number of carbonyl (C=O) groups excluding carboxylic acids is 1. The van der Waals surface area contributed by atoms with E-state index in [1.54, 1.807) is 7.11 Å². The van der Waals surface area contributed by atoms with E-state index >= 15 is 0 Å². The highest BCUT2D eigenvalue weighted by atomic mass is 16.5. The van der Waals surface area contributed by atoms with Crippen molar-refractivity contribution in [3.05, 3.63) is 91.3 Å². The van der Waals surface area contributed by atoms with Crippen molar-refractivity contribution in [3.8, 4) is 16.9 Å². The first-order valence-electron chi connectivity index (χ1n) is 10.0. The summed E-state index contributed by atoms with van der Waals surface area (Å²) >= 11 is 0. The second-order valence-electron chi connectivity index (χ2n) is 7.33. The highest BCUT2D eigenvalue weighted by Gasteiger charge is 2.16. The van der Waals surface area contributed by atoms with Crippen molar-refractivity contribution >= 4 is 33.5 Å². The molecule has 0 aliphatic carbocycles. The molecule has 2 heterocycles. The molecule has 5 nitrogen and oxygen atoms in total. The molecule has 5 heteroatoms. The molecule has 31 heavy (non-hydrogen) atoms. The molecule has 152 valence electrons. The van der Waals surface area contributed by atoms with Gasteiger partial charge in [0.1, 0.15) is 16.9 Å². The molecule has 0 bridgehead atoms. The molecule has 0 unspecified atom stereocenters. The van der Waals surface area contributed by atoms with Crippen LogP contribution < -0.4 is 14.6 Å². The molecular formula is C26H21N2O3+. The summed E-state index contributed by atoms with van der Waals surface area (Å²) in [6.45, 7) is 0.183. The number of anilines is 1. The third-order valence-corrected chi connectivity index (χ3v) is 5.26. The van der Waals surface area contributed by atoms with E-state index in [4.69, 9.17) is 9.15 Å². The lowest BCUT2D eigenvalue weighted by atomic mass is 10.1. The van der Waals surface area contributed by atoms with Gasteiger partial charge in [0.15, 0.2) is 12.4 Å². The van der Waals surface area contributed by atoms with E-state index in [1.807, 2.05) is 95.8 Å². The number of nitrogens with zero attached hydrogens (tertiary/aromatic N) is 1. The van der Waals surface area contributed by atoms with Crippen LogP contribution in [0.5, 0.6) is 5.75 Å². The van der Waals surface area contributed by atoms with Crippen LogP contribution in [0, 0.1) is 0 Å². The average molecular weight is 409 g/mol. The third-order valence-electron chi connectivity index (χ3n) is 5.26. The van der Waals surface area contributed by atoms with Crippen molar-refractivity contribution in [2.45, 2.75) is 6.54 Å². The number of pyridine rings is 1. The van der Waals surface area contributed by atoms with Gasteiger partial charge in [-0.05, 0) is 23.8 Å². The second kappa shape index (κ2) is 7.95. The number of hydrogen-bond donors (Lipinski definition) is 1. The summed E-state index contributed by atoms with van der Waals surface area (Å²) in [7, 11) is 1.59. The SMILES string of the molecule is COc1cc2c(cc1NC(=O)C[n+]1cccc(-c3ccccc3)c1)oc1ccccc12. The van der Waals surface area contributed by atoms with Crippen LogP contribution in [0.3, 0.4) is 0 Å². The zero-order chi connectivity index (χ0) is 21.2. The predicted molar refractivity (Wildman–Crippen MR) is 121 cm³/mol. The van der Waals surface area contributed by atoms with Gasteiger partial charge in [-0.2, -0.15) is 4.57 Å². The Bertz CT molecular complexity index is 1390. The summed E-state index contributed by atoms with van der Waals surface area (Å²) in [4.78, 5) is 12.8. The van der Waals surface area contributed by atoms with Crippen LogP contribution in [0.1, 0.15) is 0 Å². The first-order chi connectivity index (χ1) is 15.2. The number of benzene rings is 3. The largest absolute Gasteiger partial charge is 0.495 e. The summed E-state index contributed by atoms with van der Waals surface area (Å²) in [5.41, 5.74) is 4.25. The molecule has 0 aliphatic rings. The van der Waals surface area contributed by atoms with Crippen LogP contribution in [0.15, 0.2) is 95.7 Å². The summed E-state index contributed by atoms with van der Waals surface area (Å²) < 4.78 is 13.3. The highest BCUT2D eigenvalue weighted by Crippen LogP contribution is 2.36. The predicted octanol–water partition coefficient (Wildman–Crippen LogP) is 5.19. The summed E-state index contributed by atoms with van der Waals surface area (Å²) in [6.07, 6.45) is 3.85. The van der Waals surface area contributed by atoms with Gasteiger partial charge < -0.3 is 14.5 Å². The monoisotopic (exact) mass is 409 g/mol. The molecule has 0 atom stereocenters. The summed E-state index contributed by atoms with van der Waals surface area (Å²) in [6, 6.07) is 25.6. The van der Waals surface area contributed by atoms with Gasteiger partial charge in [0.25, 0.3) is 5.91 Å². The number of carbonyl (C=O) groups is 1. The zero-order valence-corrected chi connectivity index (χ0v) is 17.0. The molecule has 0 fully saturated rings. The number of nitrogens with one attached hydrogen (secondary N) is 1. The number of methoxy groups -OCH3 is 1. The third kappa shape index (κ3) is 3.73. The fourth-order valence-electron chi connectivity index (χ4n) is 3.80. The Balaban J connectivity index is 1.41. The van der Waals surface area contributed by atoms with Crippen molar-refractivity contribution in [2.24, 2.45) is 0 Å². The van der Waals surface area contributed by atoms with Gasteiger partial charge in [0.05, 0.1) is 12.8 Å². The molecule has 0 aliphatic heterocycles. The maximum absolute atomic E-state index is 12.8. The van der Waals surface area contributed by atoms with Crippen LogP contribution in [0.4, 0.5) is 5.69 Å². The Labute approximate surface area is 179 Å². The summed E-state index contributed by atoms with van der Waals surface area (Å²) in [5.74, 6) is 0.444. The van der Waals surface area contributed by atoms with Crippen molar-refractivity contribution < 1.29 is 18.5 Å². The number of aromatic nitrogens is 1. The van der Waals surface area contributed by atoms with E-state index in [0.29, 0.717) is 17.0 Å². The topological polar surface area (TPSA) is 55.4 Å². The number of furan rings is 1. The van der Waals surface area contributed by atoms with Crippen LogP contribution in [0.2, 0.25) is 0 Å². The molecule has 0 saturated carbocycles. The maximum Gasteiger partial charge on any atom is 0.290 e. The van der Waals surface area contributed by atoms with Crippen molar-refractivity contribution in [2.75, 3.05) is 12.4 Å². The Morgan fingerprint density at radius 2 is 1.68 bits per heavy atom. The first kappa shape index (κ1) is 18.9. The lowest BCUT2D eigenvalue weighted by Gasteiger charge is -2.09. The molecule has 0 saturated heterocycles. The second-order valence-corrected chi connectivity index (χ2v) is 7.33. The molecule has 5 rings (SSSR count). The number of hydrogen-bond acceptors (Lipinski definition) is 3. The van der Waals surface area contributed by atoms with E-state index in [1.165, 1.54) is 0 Å². The highest BCUT2D eigenvalue weighted by molar-refractivity contribution is 6.07. The van der Waals surface area contributed by atoms with Gasteiger partial charge in [-0.3, -0.25) is 4.79 Å². The number of ether oxygens (including phenoxy) is 1. The average Bonchev–Trinajstić information content (AvgIpc) is 3.16. The van der Waals surface area contributed by atoms with Crippen LogP contribution in [-0.4, -0.2) is 13.0 Å². The Morgan fingerprint density at radius 1 is 0.903 bits per heavy atom. The minimum absolute atomic E-state index is 0.149. The lowest BCUT2D eigenvalue weighted by molar-refractivity contribution is -0.683. The minimum Gasteiger partial charge on any atom is -0.495 e. The zero-order valence-electron chi connectivity index (χ0n) is 17.0. The van der Waals surface area contributed by atoms with Crippen molar-refractivity contribution in [3.63, 3.8) is 0 Å². The fraction of sp³-hybridized carbons (Fsp3) is 0.0769. The van der Waals surface area contributed by atoms with E-state index in [9.17, 15) is 4.79 Å². The molecule has 2 aromatic heterocycles. The van der Waals surface area contributed by atoms with Crippen molar-refractivity contribution in [1.82, 2.24) is 0 Å². The maximum atomic E-state index is 12.8. The van der Waals surface area contributed by atoms with Gasteiger partial charge in [0, 0.05) is 28.5 Å². The molecule has 1 amide bonds. The summed E-state index contributed by atoms with van der Waals surface area (Å²) in [5, 5.41) is 4.93. The Kier molecular flexibility index (Phi) is 4.84. The van der Waals surface area contributed by atoms with Gasteiger partial charge in [-0.1, -0.05) is 48.5 Å². The van der Waals surface area contributed by atoms with E-state index in [2.05, 4.69) is 5.32 Å². The minimum atomic E-state index is -0.149.